The van der Waals surface area contributed by atoms with Crippen molar-refractivity contribution in [2.24, 2.45) is 0 Å². The lowest BCUT2D eigenvalue weighted by Gasteiger charge is -2.15. The van der Waals surface area contributed by atoms with Crippen LogP contribution < -0.4 is 0 Å². The lowest BCUT2D eigenvalue weighted by Crippen LogP contribution is -2.05. The van der Waals surface area contributed by atoms with Crippen LogP contribution in [-0.4, -0.2) is 26.2 Å². The first kappa shape index (κ1) is 12.2. The first-order valence-corrected chi connectivity index (χ1v) is 6.90. The fourth-order valence-electron chi connectivity index (χ4n) is 1.55. The van der Waals surface area contributed by atoms with E-state index in [1.165, 1.54) is 12.2 Å². The number of carboxylic acids is 1. The molecule has 1 heterocycles. The van der Waals surface area contributed by atoms with Crippen LogP contribution in [0.1, 0.15) is 39.5 Å². The molecule has 0 aliphatic carbocycles. The summed E-state index contributed by atoms with van der Waals surface area (Å²) in [6.45, 7) is 4.53. The predicted octanol–water partition coefficient (Wildman–Crippen LogP) is 3.22. The normalized spacial score (nSPS) is 25.1. The highest BCUT2D eigenvalue weighted by atomic mass is 32.2. The molecule has 0 bridgehead atoms. The maximum absolute atomic E-state index is 10.3. The quantitative estimate of drug-likeness (QED) is 0.741. The van der Waals surface area contributed by atoms with Gasteiger partial charge >= 0.3 is 5.97 Å². The number of unbranched alkanes of at least 4 members (excludes halogenated alkanes) is 1. The summed E-state index contributed by atoms with van der Waals surface area (Å²) >= 11 is 4.06. The molecule has 1 atom stereocenters. The van der Waals surface area contributed by atoms with E-state index < -0.39 is 5.97 Å². The first-order valence-electron chi connectivity index (χ1n) is 5.03. The molecule has 4 heteroatoms. The van der Waals surface area contributed by atoms with Crippen LogP contribution in [0.5, 0.6) is 0 Å². The summed E-state index contributed by atoms with van der Waals surface area (Å²) in [5.74, 6) is 0.559. The van der Waals surface area contributed by atoms with Crippen LogP contribution in [-0.2, 0) is 4.79 Å². The molecule has 1 fully saturated rings. The van der Waals surface area contributed by atoms with Gasteiger partial charge < -0.3 is 5.11 Å². The molecule has 1 aliphatic rings. The highest BCUT2D eigenvalue weighted by Gasteiger charge is 2.31. The van der Waals surface area contributed by atoms with E-state index in [1.807, 2.05) is 23.5 Å². The first-order chi connectivity index (χ1) is 6.49. The number of hydrogen-bond donors (Lipinski definition) is 1. The molecule has 0 saturated carbocycles. The largest absolute Gasteiger partial charge is 0.481 e. The Hall–Kier alpha value is 0.170. The van der Waals surface area contributed by atoms with Crippen molar-refractivity contribution in [2.75, 3.05) is 5.75 Å². The molecule has 1 N–H and O–H groups in total. The summed E-state index contributed by atoms with van der Waals surface area (Å²) < 4.78 is 0.372. The van der Waals surface area contributed by atoms with Crippen molar-refractivity contribution in [3.05, 3.63) is 0 Å². The van der Waals surface area contributed by atoms with Crippen molar-refractivity contribution in [2.45, 2.75) is 48.9 Å². The standard InChI is InChI=1S/C10H18O2S2/c1-10(2)13-7-8(14-10)5-3-4-6-9(11)12/h8H,3-7H2,1-2H3,(H,11,12). The maximum Gasteiger partial charge on any atom is 0.303 e. The molecule has 2 nitrogen and oxygen atoms in total. The van der Waals surface area contributed by atoms with Crippen molar-refractivity contribution in [3.63, 3.8) is 0 Å². The second-order valence-corrected chi connectivity index (χ2v) is 7.91. The average molecular weight is 234 g/mol. The number of carboxylic acid groups (broad SMARTS) is 1. The Bertz CT molecular complexity index is 204. The van der Waals surface area contributed by atoms with Gasteiger partial charge in [0.05, 0.1) is 4.08 Å². The molecule has 0 aromatic carbocycles. The van der Waals surface area contributed by atoms with E-state index in [9.17, 15) is 4.79 Å². The van der Waals surface area contributed by atoms with E-state index in [0.717, 1.165) is 18.1 Å². The van der Waals surface area contributed by atoms with Gasteiger partial charge in [-0.1, -0.05) is 6.42 Å². The minimum atomic E-state index is -0.668. The smallest absolute Gasteiger partial charge is 0.303 e. The van der Waals surface area contributed by atoms with E-state index in [2.05, 4.69) is 13.8 Å². The van der Waals surface area contributed by atoms with Crippen molar-refractivity contribution in [3.8, 4) is 0 Å². The van der Waals surface area contributed by atoms with Crippen LogP contribution in [0.2, 0.25) is 0 Å². The Kier molecular flexibility index (Phi) is 4.64. The third-order valence-electron chi connectivity index (χ3n) is 2.23. The third kappa shape index (κ3) is 4.60. The Balaban J connectivity index is 2.06. The second-order valence-electron chi connectivity index (χ2n) is 4.09. The Morgan fingerprint density at radius 3 is 2.71 bits per heavy atom. The number of aliphatic carboxylic acids is 1. The van der Waals surface area contributed by atoms with Gasteiger partial charge in [-0.05, 0) is 26.7 Å². The van der Waals surface area contributed by atoms with E-state index in [1.54, 1.807) is 0 Å². The molecule has 0 aromatic rings. The van der Waals surface area contributed by atoms with Gasteiger partial charge in [-0.2, -0.15) is 0 Å². The summed E-state index contributed by atoms with van der Waals surface area (Å²) in [7, 11) is 0. The Morgan fingerprint density at radius 2 is 2.21 bits per heavy atom. The maximum atomic E-state index is 10.3. The number of hydrogen-bond acceptors (Lipinski definition) is 3. The van der Waals surface area contributed by atoms with Crippen LogP contribution >= 0.6 is 23.5 Å². The van der Waals surface area contributed by atoms with Gasteiger partial charge in [0.25, 0.3) is 0 Å². The SMILES string of the molecule is CC1(C)SCC(CCCCC(=O)O)S1. The fourth-order valence-corrected chi connectivity index (χ4v) is 4.76. The van der Waals surface area contributed by atoms with Gasteiger partial charge in [-0.25, -0.2) is 0 Å². The van der Waals surface area contributed by atoms with E-state index in [-0.39, 0.29) is 0 Å². The molecule has 0 spiro atoms. The van der Waals surface area contributed by atoms with Crippen LogP contribution in [0, 0.1) is 0 Å². The monoisotopic (exact) mass is 234 g/mol. The molecule has 1 saturated heterocycles. The molecule has 1 rings (SSSR count). The number of rotatable bonds is 5. The zero-order valence-electron chi connectivity index (χ0n) is 8.78. The number of carbonyl (C=O) groups is 1. The van der Waals surface area contributed by atoms with Crippen LogP contribution in [0.3, 0.4) is 0 Å². The highest BCUT2D eigenvalue weighted by Crippen LogP contribution is 2.48. The molecule has 0 radical (unpaired) electrons. The lowest BCUT2D eigenvalue weighted by molar-refractivity contribution is -0.137. The van der Waals surface area contributed by atoms with Crippen molar-refractivity contribution < 1.29 is 9.90 Å². The second kappa shape index (κ2) is 5.31. The zero-order chi connectivity index (χ0) is 10.6. The summed E-state index contributed by atoms with van der Waals surface area (Å²) in [5, 5.41) is 9.22. The molecular weight excluding hydrogens is 216 g/mol. The van der Waals surface area contributed by atoms with E-state index in [4.69, 9.17) is 5.11 Å². The lowest BCUT2D eigenvalue weighted by atomic mass is 10.1. The van der Waals surface area contributed by atoms with Crippen molar-refractivity contribution in [1.29, 1.82) is 0 Å². The van der Waals surface area contributed by atoms with Gasteiger partial charge in [-0.3, -0.25) is 4.79 Å². The van der Waals surface area contributed by atoms with Gasteiger partial charge in [-0.15, -0.1) is 23.5 Å². The topological polar surface area (TPSA) is 37.3 Å². The molecule has 0 amide bonds. The van der Waals surface area contributed by atoms with Gasteiger partial charge in [0.15, 0.2) is 0 Å². The summed E-state index contributed by atoms with van der Waals surface area (Å²) in [6.07, 6.45) is 3.39. The fraction of sp³-hybridized carbons (Fsp3) is 0.900. The molecule has 1 aliphatic heterocycles. The summed E-state index contributed by atoms with van der Waals surface area (Å²) in [6, 6.07) is 0. The highest BCUT2D eigenvalue weighted by molar-refractivity contribution is 8.21. The van der Waals surface area contributed by atoms with E-state index >= 15 is 0 Å². The molecule has 82 valence electrons. The molecule has 14 heavy (non-hydrogen) atoms. The van der Waals surface area contributed by atoms with E-state index in [0.29, 0.717) is 10.5 Å². The molecule has 1 unspecified atom stereocenters. The number of thioether (sulfide) groups is 2. The summed E-state index contributed by atoms with van der Waals surface area (Å²) in [5.41, 5.74) is 0. The molecule has 0 aromatic heterocycles. The van der Waals surface area contributed by atoms with Crippen LogP contribution in [0.25, 0.3) is 0 Å². The summed E-state index contributed by atoms with van der Waals surface area (Å²) in [4.78, 5) is 10.3. The third-order valence-corrected chi connectivity index (χ3v) is 5.65. The van der Waals surface area contributed by atoms with Crippen LogP contribution in [0.4, 0.5) is 0 Å². The van der Waals surface area contributed by atoms with Gasteiger partial charge in [0.1, 0.15) is 0 Å². The van der Waals surface area contributed by atoms with Gasteiger partial charge in [0, 0.05) is 17.4 Å². The predicted molar refractivity (Wildman–Crippen MR) is 64.0 cm³/mol. The molecular formula is C10H18O2S2. The minimum Gasteiger partial charge on any atom is -0.481 e. The van der Waals surface area contributed by atoms with Gasteiger partial charge in [0.2, 0.25) is 0 Å². The minimum absolute atomic E-state index is 0.327. The average Bonchev–Trinajstić information content (AvgIpc) is 2.39. The zero-order valence-corrected chi connectivity index (χ0v) is 10.4. The Labute approximate surface area is 94.2 Å². The Morgan fingerprint density at radius 1 is 1.50 bits per heavy atom. The van der Waals surface area contributed by atoms with Crippen LogP contribution in [0.15, 0.2) is 0 Å². The van der Waals surface area contributed by atoms with Crippen molar-refractivity contribution in [1.82, 2.24) is 0 Å². The van der Waals surface area contributed by atoms with Crippen molar-refractivity contribution >= 4 is 29.5 Å².